The first-order chi connectivity index (χ1) is 10.1. The molecule has 2 rings (SSSR count). The highest BCUT2D eigenvalue weighted by atomic mass is 16.3. The van der Waals surface area contributed by atoms with Crippen LogP contribution in [0.2, 0.25) is 0 Å². The Morgan fingerprint density at radius 3 is 2.57 bits per heavy atom. The van der Waals surface area contributed by atoms with E-state index in [1.54, 1.807) is 36.4 Å². The van der Waals surface area contributed by atoms with E-state index in [4.69, 9.17) is 26.4 Å². The van der Waals surface area contributed by atoms with Crippen LogP contribution in [0.1, 0.15) is 11.3 Å². The number of anilines is 1. The van der Waals surface area contributed by atoms with Gasteiger partial charge in [-0.3, -0.25) is 10.8 Å². The number of allylic oxidation sites excluding steroid dienone is 1. The van der Waals surface area contributed by atoms with E-state index in [1.165, 1.54) is 18.4 Å². The highest BCUT2D eigenvalue weighted by Gasteiger charge is 2.05. The third kappa shape index (κ3) is 3.90. The maximum absolute atomic E-state index is 7.90. The highest BCUT2D eigenvalue weighted by Crippen LogP contribution is 2.07. The largest absolute Gasteiger partial charge is 0.461 e. The van der Waals surface area contributed by atoms with Gasteiger partial charge in [0.1, 0.15) is 5.84 Å². The molecule has 0 aliphatic rings. The molecule has 1 aromatic heterocycles. The number of nitrogen functional groups attached to an aromatic ring is 1. The number of nitrogens with two attached hydrogens (primary N) is 1. The predicted octanol–water partition coefficient (Wildman–Crippen LogP) is 2.38. The van der Waals surface area contributed by atoms with E-state index in [2.05, 4.69) is 5.32 Å². The molecule has 0 saturated heterocycles. The second kappa shape index (κ2) is 6.33. The Labute approximate surface area is 121 Å². The van der Waals surface area contributed by atoms with Crippen molar-refractivity contribution < 1.29 is 4.42 Å². The predicted molar refractivity (Wildman–Crippen MR) is 83.2 cm³/mol. The van der Waals surface area contributed by atoms with Gasteiger partial charge in [0, 0.05) is 11.3 Å². The third-order valence-electron chi connectivity index (χ3n) is 2.64. The fourth-order valence-electron chi connectivity index (χ4n) is 1.63. The minimum Gasteiger partial charge on any atom is -0.461 e. The van der Waals surface area contributed by atoms with Crippen LogP contribution >= 0.6 is 0 Å². The summed E-state index contributed by atoms with van der Waals surface area (Å²) in [6.07, 6.45) is 4.34. The van der Waals surface area contributed by atoms with Gasteiger partial charge in [-0.2, -0.15) is 0 Å². The number of benzene rings is 1. The Kier molecular flexibility index (Phi) is 4.30. The summed E-state index contributed by atoms with van der Waals surface area (Å²) in [5.74, 6) is 0.328. The molecule has 0 amide bonds. The topological polar surface area (TPSA) is 123 Å². The highest BCUT2D eigenvalue weighted by molar-refractivity contribution is 6.13. The summed E-state index contributed by atoms with van der Waals surface area (Å²) in [5.41, 5.74) is 7.14. The van der Waals surface area contributed by atoms with Crippen LogP contribution in [0.5, 0.6) is 0 Å². The average Bonchev–Trinajstić information content (AvgIpc) is 2.99. The Morgan fingerprint density at radius 1 is 1.10 bits per heavy atom. The Balaban J connectivity index is 1.96. The van der Waals surface area contributed by atoms with Crippen molar-refractivity contribution in [3.8, 4) is 0 Å². The van der Waals surface area contributed by atoms with Gasteiger partial charge < -0.3 is 20.9 Å². The van der Waals surface area contributed by atoms with E-state index in [0.29, 0.717) is 17.0 Å². The summed E-state index contributed by atoms with van der Waals surface area (Å²) in [7, 11) is 0. The molecule has 6 heteroatoms. The summed E-state index contributed by atoms with van der Waals surface area (Å²) in [6.45, 7) is 0. The summed E-state index contributed by atoms with van der Waals surface area (Å²) >= 11 is 0. The number of furan rings is 1. The molecular weight excluding hydrogens is 266 g/mol. The Hall–Kier alpha value is -3.15. The molecular formula is C15H15N5O. The smallest absolute Gasteiger partial charge is 0.168 e. The van der Waals surface area contributed by atoms with Crippen LogP contribution in [0.25, 0.3) is 0 Å². The lowest BCUT2D eigenvalue weighted by molar-refractivity contribution is 0.555. The third-order valence-corrected chi connectivity index (χ3v) is 2.64. The first kappa shape index (κ1) is 14.3. The number of nitrogens with one attached hydrogen (secondary N) is 4. The van der Waals surface area contributed by atoms with Crippen molar-refractivity contribution >= 4 is 23.1 Å². The zero-order valence-corrected chi connectivity index (χ0v) is 11.2. The van der Waals surface area contributed by atoms with Gasteiger partial charge in [0.05, 0.1) is 12.0 Å². The van der Waals surface area contributed by atoms with Gasteiger partial charge in [-0.05, 0) is 36.4 Å². The fraction of sp³-hybridized carbons (Fsp3) is 0. The van der Waals surface area contributed by atoms with E-state index < -0.39 is 0 Å². The summed E-state index contributed by atoms with van der Waals surface area (Å²) in [5, 5.41) is 25.9. The number of rotatable bonds is 4. The van der Waals surface area contributed by atoms with Gasteiger partial charge in [-0.1, -0.05) is 12.1 Å². The first-order valence-corrected chi connectivity index (χ1v) is 6.17. The second-order valence-electron chi connectivity index (χ2n) is 4.26. The Bertz CT molecular complexity index is 701. The van der Waals surface area contributed by atoms with Gasteiger partial charge in [0.2, 0.25) is 0 Å². The van der Waals surface area contributed by atoms with Crippen LogP contribution < -0.4 is 11.1 Å². The molecule has 0 radical (unpaired) electrons. The zero-order chi connectivity index (χ0) is 15.2. The van der Waals surface area contributed by atoms with E-state index in [9.17, 15) is 0 Å². The second-order valence-corrected chi connectivity index (χ2v) is 4.26. The standard InChI is InChI=1S/C15H15N5O/c16-11-4-1-3-10(9-11)12(17)6-7-14(18)20-15(19)13-5-2-8-21-13/h1-9,17H,16H2,(H3,18,19,20)/b7-6-,17-12?. The lowest BCUT2D eigenvalue weighted by Crippen LogP contribution is -2.28. The number of hydrogen-bond donors (Lipinski definition) is 5. The molecule has 6 nitrogen and oxygen atoms in total. The van der Waals surface area contributed by atoms with Crippen molar-refractivity contribution in [1.29, 1.82) is 16.2 Å². The molecule has 106 valence electrons. The quantitative estimate of drug-likeness (QED) is 0.336. The normalized spacial score (nSPS) is 10.5. The van der Waals surface area contributed by atoms with Crippen LogP contribution in [0.15, 0.2) is 59.2 Å². The fourth-order valence-corrected chi connectivity index (χ4v) is 1.63. The number of amidine groups is 2. The lowest BCUT2D eigenvalue weighted by Gasteiger charge is -2.04. The molecule has 21 heavy (non-hydrogen) atoms. The minimum absolute atomic E-state index is 0.00913. The SMILES string of the molecule is N=C(/C=C\C(=N)c1cccc(N)c1)NC(=N)c1ccco1. The first-order valence-electron chi connectivity index (χ1n) is 6.17. The monoisotopic (exact) mass is 281 g/mol. The molecule has 0 spiro atoms. The molecule has 1 aromatic carbocycles. The van der Waals surface area contributed by atoms with Crippen LogP contribution in [-0.4, -0.2) is 17.4 Å². The molecule has 6 N–H and O–H groups in total. The number of hydrogen-bond acceptors (Lipinski definition) is 5. The zero-order valence-electron chi connectivity index (χ0n) is 11.2. The van der Waals surface area contributed by atoms with Crippen molar-refractivity contribution in [1.82, 2.24) is 5.32 Å². The molecule has 2 aromatic rings. The average molecular weight is 281 g/mol. The summed E-state index contributed by atoms with van der Waals surface area (Å²) in [4.78, 5) is 0. The van der Waals surface area contributed by atoms with Crippen molar-refractivity contribution in [2.45, 2.75) is 0 Å². The van der Waals surface area contributed by atoms with Crippen LogP contribution in [0.3, 0.4) is 0 Å². The van der Waals surface area contributed by atoms with Crippen LogP contribution in [0.4, 0.5) is 5.69 Å². The van der Waals surface area contributed by atoms with E-state index >= 15 is 0 Å². The summed E-state index contributed by atoms with van der Waals surface area (Å²) in [6, 6.07) is 10.3. The molecule has 1 heterocycles. The minimum atomic E-state index is -0.00921. The van der Waals surface area contributed by atoms with Crippen LogP contribution in [0, 0.1) is 16.2 Å². The van der Waals surface area contributed by atoms with Gasteiger partial charge in [-0.25, -0.2) is 0 Å². The maximum Gasteiger partial charge on any atom is 0.168 e. The van der Waals surface area contributed by atoms with Crippen molar-refractivity contribution in [3.05, 3.63) is 66.1 Å². The molecule has 0 bridgehead atoms. The summed E-state index contributed by atoms with van der Waals surface area (Å²) < 4.78 is 5.04. The van der Waals surface area contributed by atoms with Gasteiger partial charge >= 0.3 is 0 Å². The molecule has 0 aliphatic heterocycles. The van der Waals surface area contributed by atoms with Gasteiger partial charge in [0.15, 0.2) is 11.6 Å². The van der Waals surface area contributed by atoms with Crippen molar-refractivity contribution in [2.24, 2.45) is 0 Å². The van der Waals surface area contributed by atoms with E-state index in [-0.39, 0.29) is 17.4 Å². The van der Waals surface area contributed by atoms with Crippen molar-refractivity contribution in [2.75, 3.05) is 5.73 Å². The lowest BCUT2D eigenvalue weighted by atomic mass is 10.1. The molecule has 0 saturated carbocycles. The van der Waals surface area contributed by atoms with Crippen LogP contribution in [-0.2, 0) is 0 Å². The molecule has 0 fully saturated rings. The van der Waals surface area contributed by atoms with Gasteiger partial charge in [-0.15, -0.1) is 0 Å². The molecule has 0 aliphatic carbocycles. The Morgan fingerprint density at radius 2 is 1.90 bits per heavy atom. The maximum atomic E-state index is 7.90. The van der Waals surface area contributed by atoms with E-state index in [0.717, 1.165) is 0 Å². The van der Waals surface area contributed by atoms with E-state index in [1.807, 2.05) is 0 Å². The molecule has 0 atom stereocenters. The molecule has 0 unspecified atom stereocenters. The van der Waals surface area contributed by atoms with Gasteiger partial charge in [0.25, 0.3) is 0 Å². The van der Waals surface area contributed by atoms with Crippen molar-refractivity contribution in [3.63, 3.8) is 0 Å².